The highest BCUT2D eigenvalue weighted by atomic mass is 35.5. The number of carboxylic acids is 1. The number of aromatic carboxylic acids is 1. The Kier molecular flexibility index (Phi) is 5.09. The molecule has 0 saturated carbocycles. The molecule has 0 aliphatic rings. The number of rotatable bonds is 5. The molecule has 12 heteroatoms. The van der Waals surface area contributed by atoms with Crippen LogP contribution in [0.15, 0.2) is 35.2 Å². The van der Waals surface area contributed by atoms with Crippen LogP contribution < -0.4 is 14.8 Å². The van der Waals surface area contributed by atoms with Gasteiger partial charge in [-0.25, -0.2) is 18.0 Å². The van der Waals surface area contributed by atoms with Crippen molar-refractivity contribution < 1.29 is 27.9 Å². The van der Waals surface area contributed by atoms with Gasteiger partial charge in [0.1, 0.15) is 10.0 Å². The Balaban J connectivity index is 2.71. The van der Waals surface area contributed by atoms with Gasteiger partial charge in [0.25, 0.3) is 16.0 Å². The Bertz CT molecular complexity index is 949. The number of hydrogen-bond acceptors (Lipinski definition) is 7. The summed E-state index contributed by atoms with van der Waals surface area (Å²) in [5.41, 5.74) is 4.60. The van der Waals surface area contributed by atoms with Gasteiger partial charge in [-0.3, -0.25) is 0 Å². The number of primary amides is 1. The second kappa shape index (κ2) is 6.91. The van der Waals surface area contributed by atoms with E-state index in [4.69, 9.17) is 22.1 Å². The highest BCUT2D eigenvalue weighted by Crippen LogP contribution is 2.26. The maximum absolute atomic E-state index is 12.8. The molecule has 0 atom stereocenters. The topological polar surface area (TPSA) is 153 Å². The van der Waals surface area contributed by atoms with E-state index in [0.29, 0.717) is 0 Å². The normalized spacial score (nSPS) is 11.0. The highest BCUT2D eigenvalue weighted by molar-refractivity contribution is 7.93. The maximum Gasteiger partial charge on any atom is 0.337 e. The molecule has 0 spiro atoms. The van der Waals surface area contributed by atoms with Crippen LogP contribution in [0, 0.1) is 0 Å². The van der Waals surface area contributed by atoms with E-state index in [-0.39, 0.29) is 15.3 Å². The van der Waals surface area contributed by atoms with Crippen LogP contribution in [0.2, 0.25) is 5.15 Å². The van der Waals surface area contributed by atoms with Crippen LogP contribution >= 0.6 is 11.6 Å². The highest BCUT2D eigenvalue weighted by Gasteiger charge is 2.35. The minimum Gasteiger partial charge on any atom is -0.481 e. The van der Waals surface area contributed by atoms with Gasteiger partial charge in [0.15, 0.2) is 0 Å². The molecule has 1 aromatic carbocycles. The van der Waals surface area contributed by atoms with Crippen LogP contribution in [0.5, 0.6) is 5.88 Å². The van der Waals surface area contributed by atoms with E-state index in [2.05, 4.69) is 9.97 Å². The molecule has 0 fully saturated rings. The number of halogens is 1. The molecule has 0 saturated heterocycles. The first-order valence-corrected chi connectivity index (χ1v) is 8.26. The van der Waals surface area contributed by atoms with E-state index < -0.39 is 38.4 Å². The van der Waals surface area contributed by atoms with Gasteiger partial charge >= 0.3 is 12.0 Å². The molecule has 0 aliphatic heterocycles. The summed E-state index contributed by atoms with van der Waals surface area (Å²) in [6.45, 7) is 0. The van der Waals surface area contributed by atoms with Crippen molar-refractivity contribution in [2.75, 3.05) is 11.4 Å². The SMILES string of the molecule is COc1cc(Cl)nc(N(C(N)=O)S(=O)(=O)c2ccccc2C(=O)O)n1. The van der Waals surface area contributed by atoms with E-state index in [1.165, 1.54) is 25.3 Å². The first kappa shape index (κ1) is 18.4. The number of anilines is 1. The average molecular weight is 387 g/mol. The van der Waals surface area contributed by atoms with Gasteiger partial charge < -0.3 is 15.6 Å². The minimum absolute atomic E-state index is 0.0448. The van der Waals surface area contributed by atoms with Crippen LogP contribution in [-0.4, -0.2) is 42.6 Å². The van der Waals surface area contributed by atoms with E-state index in [9.17, 15) is 23.1 Å². The summed E-state index contributed by atoms with van der Waals surface area (Å²) in [5, 5.41) is 8.96. The number of benzene rings is 1. The first-order valence-electron chi connectivity index (χ1n) is 6.44. The third-order valence-corrected chi connectivity index (χ3v) is 4.82. The van der Waals surface area contributed by atoms with Gasteiger partial charge in [0.2, 0.25) is 5.88 Å². The molecule has 10 nitrogen and oxygen atoms in total. The molecular formula is C13H11ClN4O6S. The molecule has 0 radical (unpaired) electrons. The molecule has 132 valence electrons. The standard InChI is InChI=1S/C13H11ClN4O6S/c1-24-10-6-9(14)16-13(17-10)18(12(15)21)25(22,23)8-5-3-2-4-7(8)11(19)20/h2-6H,1H3,(H2,15,21)(H,19,20). The lowest BCUT2D eigenvalue weighted by atomic mass is 10.2. The molecule has 2 aromatic rings. The van der Waals surface area contributed by atoms with Crippen LogP contribution in [0.3, 0.4) is 0 Å². The first-order chi connectivity index (χ1) is 11.7. The van der Waals surface area contributed by atoms with Crippen molar-refractivity contribution in [3.05, 3.63) is 41.0 Å². The Morgan fingerprint density at radius 3 is 2.48 bits per heavy atom. The molecular weight excluding hydrogens is 376 g/mol. The number of ether oxygens (including phenoxy) is 1. The van der Waals surface area contributed by atoms with Crippen molar-refractivity contribution >= 4 is 39.6 Å². The second-order valence-corrected chi connectivity index (χ2v) is 6.58. The predicted octanol–water partition coefficient (Wildman–Crippen LogP) is 1.11. The summed E-state index contributed by atoms with van der Waals surface area (Å²) in [7, 11) is -3.49. The monoisotopic (exact) mass is 386 g/mol. The number of nitrogens with zero attached hydrogens (tertiary/aromatic N) is 3. The number of amides is 2. The Morgan fingerprint density at radius 1 is 1.28 bits per heavy atom. The summed E-state index contributed by atoms with van der Waals surface area (Å²) >= 11 is 5.76. The lowest BCUT2D eigenvalue weighted by molar-refractivity contribution is 0.0692. The summed E-state index contributed by atoms with van der Waals surface area (Å²) < 4.78 is 30.5. The summed E-state index contributed by atoms with van der Waals surface area (Å²) in [6, 6.07) is 4.42. The largest absolute Gasteiger partial charge is 0.481 e. The van der Waals surface area contributed by atoms with Crippen molar-refractivity contribution in [1.82, 2.24) is 9.97 Å². The molecule has 0 unspecified atom stereocenters. The van der Waals surface area contributed by atoms with E-state index >= 15 is 0 Å². The number of carbonyl (C=O) groups excluding carboxylic acids is 1. The zero-order valence-electron chi connectivity index (χ0n) is 12.6. The molecule has 25 heavy (non-hydrogen) atoms. The van der Waals surface area contributed by atoms with Gasteiger partial charge in [-0.05, 0) is 12.1 Å². The maximum atomic E-state index is 12.8. The van der Waals surface area contributed by atoms with Crippen molar-refractivity contribution in [3.63, 3.8) is 0 Å². The van der Waals surface area contributed by atoms with Crippen LogP contribution in [0.4, 0.5) is 10.7 Å². The number of nitrogens with two attached hydrogens (primary N) is 1. The molecule has 2 amide bonds. The number of carboxylic acid groups (broad SMARTS) is 1. The van der Waals surface area contributed by atoms with Crippen molar-refractivity contribution in [2.45, 2.75) is 4.90 Å². The number of methoxy groups -OCH3 is 1. The summed E-state index contributed by atoms with van der Waals surface area (Å²) in [5.74, 6) is -2.31. The average Bonchev–Trinajstić information content (AvgIpc) is 2.53. The number of urea groups is 1. The van der Waals surface area contributed by atoms with Crippen LogP contribution in [-0.2, 0) is 10.0 Å². The quantitative estimate of drug-likeness (QED) is 0.724. The van der Waals surface area contributed by atoms with E-state index in [1.54, 1.807) is 0 Å². The molecule has 3 N–H and O–H groups in total. The Morgan fingerprint density at radius 2 is 1.92 bits per heavy atom. The summed E-state index contributed by atoms with van der Waals surface area (Å²) in [4.78, 5) is 29.8. The third-order valence-electron chi connectivity index (χ3n) is 2.89. The van der Waals surface area contributed by atoms with Gasteiger partial charge in [-0.15, -0.1) is 4.31 Å². The summed E-state index contributed by atoms with van der Waals surface area (Å²) in [6.07, 6.45) is 0. The number of aromatic nitrogens is 2. The zero-order valence-corrected chi connectivity index (χ0v) is 14.2. The van der Waals surface area contributed by atoms with Gasteiger partial charge in [-0.1, -0.05) is 23.7 Å². The molecule has 0 bridgehead atoms. The van der Waals surface area contributed by atoms with Crippen molar-refractivity contribution in [2.24, 2.45) is 5.73 Å². The Labute approximate surface area is 146 Å². The third kappa shape index (κ3) is 3.61. The van der Waals surface area contributed by atoms with Crippen LogP contribution in [0.1, 0.15) is 10.4 Å². The zero-order chi connectivity index (χ0) is 18.8. The van der Waals surface area contributed by atoms with Gasteiger partial charge in [0, 0.05) is 6.07 Å². The lowest BCUT2D eigenvalue weighted by Crippen LogP contribution is -2.42. The number of carbonyl (C=O) groups is 2. The minimum atomic E-state index is -4.73. The fourth-order valence-electron chi connectivity index (χ4n) is 1.87. The number of sulfonamides is 1. The van der Waals surface area contributed by atoms with E-state index in [1.807, 2.05) is 0 Å². The fourth-order valence-corrected chi connectivity index (χ4v) is 3.45. The molecule has 1 aromatic heterocycles. The fraction of sp³-hybridized carbons (Fsp3) is 0.0769. The predicted molar refractivity (Wildman–Crippen MR) is 86.2 cm³/mol. The smallest absolute Gasteiger partial charge is 0.337 e. The molecule has 0 aliphatic carbocycles. The molecule has 2 rings (SSSR count). The second-order valence-electron chi connectivity index (χ2n) is 4.44. The van der Waals surface area contributed by atoms with Crippen molar-refractivity contribution in [3.8, 4) is 5.88 Å². The van der Waals surface area contributed by atoms with Gasteiger partial charge in [0.05, 0.1) is 12.7 Å². The van der Waals surface area contributed by atoms with Crippen LogP contribution in [0.25, 0.3) is 0 Å². The van der Waals surface area contributed by atoms with Crippen molar-refractivity contribution in [1.29, 1.82) is 0 Å². The molecule has 1 heterocycles. The Hall–Kier alpha value is -2.92. The lowest BCUT2D eigenvalue weighted by Gasteiger charge is -2.19. The van der Waals surface area contributed by atoms with Gasteiger partial charge in [-0.2, -0.15) is 9.97 Å². The van der Waals surface area contributed by atoms with E-state index in [0.717, 1.165) is 12.1 Å². The number of hydrogen-bond donors (Lipinski definition) is 2.